The van der Waals surface area contributed by atoms with Crippen molar-refractivity contribution in [2.75, 3.05) is 18.6 Å². The molecule has 0 saturated carbocycles. The zero-order valence-electron chi connectivity index (χ0n) is 22.7. The Morgan fingerprint density at radius 3 is 2.27 bits per heavy atom. The van der Waals surface area contributed by atoms with E-state index in [1.54, 1.807) is 68.4 Å². The molecule has 8 nitrogen and oxygen atoms in total. The number of nitrogens with one attached hydrogen (secondary N) is 1. The zero-order chi connectivity index (χ0) is 29.1. The van der Waals surface area contributed by atoms with Gasteiger partial charge in [-0.2, -0.15) is 0 Å². The summed E-state index contributed by atoms with van der Waals surface area (Å²) in [5, 5.41) is 3.27. The molecule has 5 rings (SSSR count). The summed E-state index contributed by atoms with van der Waals surface area (Å²) in [7, 11) is 1.24. The van der Waals surface area contributed by atoms with Crippen molar-refractivity contribution < 1.29 is 27.8 Å². The lowest BCUT2D eigenvalue weighted by Gasteiger charge is -2.40. The summed E-state index contributed by atoms with van der Waals surface area (Å²) in [4.78, 5) is 37.3. The number of aryl methyl sites for hydroxylation is 2. The lowest BCUT2D eigenvalue weighted by Crippen LogP contribution is -2.59. The molecular weight excluding hydrogens is 530 g/mol. The van der Waals surface area contributed by atoms with E-state index in [1.165, 1.54) is 18.1 Å². The van der Waals surface area contributed by atoms with Gasteiger partial charge in [0.1, 0.15) is 17.2 Å². The van der Waals surface area contributed by atoms with Crippen LogP contribution in [0.4, 0.5) is 14.5 Å². The Bertz CT molecular complexity index is 1560. The molecule has 0 unspecified atom stereocenters. The number of para-hydroxylation sites is 1. The summed E-state index contributed by atoms with van der Waals surface area (Å²) in [5.74, 6) is -2.77. The van der Waals surface area contributed by atoms with E-state index in [4.69, 9.17) is 9.47 Å². The third-order valence-electron chi connectivity index (χ3n) is 7.04. The van der Waals surface area contributed by atoms with Crippen molar-refractivity contribution >= 4 is 17.6 Å². The number of hydrogen-bond acceptors (Lipinski definition) is 7. The summed E-state index contributed by atoms with van der Waals surface area (Å²) >= 11 is 0. The second-order valence-electron chi connectivity index (χ2n) is 9.68. The van der Waals surface area contributed by atoms with Crippen LogP contribution in [0.5, 0.6) is 6.01 Å². The predicted octanol–water partition coefficient (Wildman–Crippen LogP) is 4.37. The second-order valence-corrected chi connectivity index (χ2v) is 9.68. The lowest BCUT2D eigenvalue weighted by atomic mass is 9.77. The molecule has 4 aromatic rings. The molecule has 0 saturated heterocycles. The summed E-state index contributed by atoms with van der Waals surface area (Å²) < 4.78 is 40.9. The smallest absolute Gasteiger partial charge is 0.349 e. The van der Waals surface area contributed by atoms with Crippen LogP contribution in [-0.2, 0) is 26.4 Å². The van der Waals surface area contributed by atoms with Gasteiger partial charge in [-0.1, -0.05) is 54.6 Å². The minimum atomic E-state index is -1.51. The SMILES string of the molecule is COC(=O)[C@@H](Oc1nc(C)cc(C)n1)[C@@]1(c2ccccc2)NCC(=O)N(Cc2c(F)cccc2F)c2ccccc21. The highest BCUT2D eigenvalue weighted by molar-refractivity contribution is 5.97. The average molecular weight is 559 g/mol. The molecule has 3 aromatic carbocycles. The fourth-order valence-corrected chi connectivity index (χ4v) is 5.21. The molecule has 1 aliphatic heterocycles. The van der Waals surface area contributed by atoms with Crippen molar-refractivity contribution in [3.8, 4) is 6.01 Å². The second kappa shape index (κ2) is 11.4. The minimum absolute atomic E-state index is 0.0478. The number of methoxy groups -OCH3 is 1. The van der Waals surface area contributed by atoms with Crippen LogP contribution < -0.4 is 15.0 Å². The van der Waals surface area contributed by atoms with E-state index in [-0.39, 0.29) is 24.7 Å². The van der Waals surface area contributed by atoms with Gasteiger partial charge in [0.25, 0.3) is 0 Å². The first kappa shape index (κ1) is 27.9. The van der Waals surface area contributed by atoms with Gasteiger partial charge in [0.15, 0.2) is 0 Å². The number of fused-ring (bicyclic) bond motifs is 1. The van der Waals surface area contributed by atoms with E-state index in [0.29, 0.717) is 28.2 Å². The standard InChI is InChI=1S/C31H28F2N4O4/c1-19-16-20(2)36-30(35-19)41-28(29(39)40-3)31(21-10-5-4-6-11-21)23-12-7-8-15-26(23)37(27(38)17-34-31)18-22-24(32)13-9-14-25(22)33/h4-16,28,34H,17-18H2,1-3H3/t28-,31+/m1/s1. The third-order valence-corrected chi connectivity index (χ3v) is 7.04. The maximum atomic E-state index is 14.7. The highest BCUT2D eigenvalue weighted by Gasteiger charge is 2.52. The number of carbonyl (C=O) groups is 2. The topological polar surface area (TPSA) is 93.6 Å². The maximum Gasteiger partial charge on any atom is 0.349 e. The zero-order valence-corrected chi connectivity index (χ0v) is 22.7. The van der Waals surface area contributed by atoms with E-state index >= 15 is 0 Å². The molecule has 10 heteroatoms. The van der Waals surface area contributed by atoms with E-state index in [1.807, 2.05) is 6.07 Å². The van der Waals surface area contributed by atoms with Gasteiger partial charge in [0, 0.05) is 28.2 Å². The minimum Gasteiger partial charge on any atom is -0.466 e. The number of benzene rings is 3. The number of anilines is 1. The van der Waals surface area contributed by atoms with Gasteiger partial charge in [0.2, 0.25) is 12.0 Å². The van der Waals surface area contributed by atoms with E-state index in [2.05, 4.69) is 15.3 Å². The van der Waals surface area contributed by atoms with Crippen molar-refractivity contribution in [1.29, 1.82) is 0 Å². The molecule has 210 valence electrons. The predicted molar refractivity (Wildman–Crippen MR) is 147 cm³/mol. The number of hydrogen-bond donors (Lipinski definition) is 1. The summed E-state index contributed by atoms with van der Waals surface area (Å²) in [6.07, 6.45) is -1.42. The van der Waals surface area contributed by atoms with Crippen molar-refractivity contribution in [1.82, 2.24) is 15.3 Å². The van der Waals surface area contributed by atoms with Crippen molar-refractivity contribution in [2.45, 2.75) is 32.0 Å². The summed E-state index contributed by atoms with van der Waals surface area (Å²) in [6, 6.07) is 21.1. The van der Waals surface area contributed by atoms with Crippen LogP contribution in [-0.4, -0.2) is 41.6 Å². The van der Waals surface area contributed by atoms with Crippen LogP contribution in [0.3, 0.4) is 0 Å². The van der Waals surface area contributed by atoms with Crippen molar-refractivity contribution in [3.05, 3.63) is 119 Å². The number of aromatic nitrogens is 2. The Morgan fingerprint density at radius 2 is 1.61 bits per heavy atom. The van der Waals surface area contributed by atoms with Gasteiger partial charge in [-0.25, -0.2) is 23.5 Å². The molecule has 0 radical (unpaired) electrons. The Labute approximate surface area is 236 Å². The van der Waals surface area contributed by atoms with Crippen LogP contribution in [0.1, 0.15) is 28.1 Å². The number of nitrogens with zero attached hydrogens (tertiary/aromatic N) is 3. The van der Waals surface area contributed by atoms with E-state index in [9.17, 15) is 18.4 Å². The van der Waals surface area contributed by atoms with E-state index in [0.717, 1.165) is 12.1 Å². The highest BCUT2D eigenvalue weighted by Crippen LogP contribution is 2.42. The van der Waals surface area contributed by atoms with Crippen LogP contribution >= 0.6 is 0 Å². The number of amides is 1. The molecule has 2 heterocycles. The maximum absolute atomic E-state index is 14.7. The van der Waals surface area contributed by atoms with Crippen LogP contribution in [0.25, 0.3) is 0 Å². The first-order valence-electron chi connectivity index (χ1n) is 12.9. The fourth-order valence-electron chi connectivity index (χ4n) is 5.21. The molecule has 1 aromatic heterocycles. The highest BCUT2D eigenvalue weighted by atomic mass is 19.1. The molecule has 41 heavy (non-hydrogen) atoms. The number of halogens is 2. The quantitative estimate of drug-likeness (QED) is 0.337. The Kier molecular flexibility index (Phi) is 7.76. The van der Waals surface area contributed by atoms with Crippen LogP contribution in [0.2, 0.25) is 0 Å². The number of esters is 1. The van der Waals surface area contributed by atoms with Gasteiger partial charge in [0.05, 0.1) is 20.2 Å². The Hall–Kier alpha value is -4.70. The van der Waals surface area contributed by atoms with Crippen molar-refractivity contribution in [2.24, 2.45) is 0 Å². The van der Waals surface area contributed by atoms with Gasteiger partial charge >= 0.3 is 12.0 Å². The third kappa shape index (κ3) is 5.26. The molecule has 1 aliphatic rings. The molecule has 0 aliphatic carbocycles. The fraction of sp³-hybridized carbons (Fsp3) is 0.226. The normalized spacial score (nSPS) is 17.4. The Balaban J connectivity index is 1.75. The summed E-state index contributed by atoms with van der Waals surface area (Å²) in [5.41, 5.74) is 0.872. The van der Waals surface area contributed by atoms with Gasteiger partial charge in [-0.05, 0) is 43.7 Å². The van der Waals surface area contributed by atoms with E-state index < -0.39 is 35.2 Å². The molecular formula is C31H28F2N4O4. The number of rotatable bonds is 7. The summed E-state index contributed by atoms with van der Waals surface area (Å²) in [6.45, 7) is 2.88. The van der Waals surface area contributed by atoms with Crippen LogP contribution in [0, 0.1) is 25.5 Å². The number of ether oxygens (including phenoxy) is 2. The Morgan fingerprint density at radius 1 is 0.976 bits per heavy atom. The van der Waals surface area contributed by atoms with Crippen LogP contribution in [0.15, 0.2) is 78.9 Å². The molecule has 0 spiro atoms. The lowest BCUT2D eigenvalue weighted by molar-refractivity contribution is -0.153. The molecule has 1 N–H and O–H groups in total. The molecule has 2 atom stereocenters. The molecule has 0 bridgehead atoms. The monoisotopic (exact) mass is 558 g/mol. The van der Waals surface area contributed by atoms with Crippen molar-refractivity contribution in [3.63, 3.8) is 0 Å². The van der Waals surface area contributed by atoms with Gasteiger partial charge < -0.3 is 14.4 Å². The molecule has 0 fully saturated rings. The number of carbonyl (C=O) groups excluding carboxylic acids is 2. The van der Waals surface area contributed by atoms with Gasteiger partial charge in [-0.3, -0.25) is 10.1 Å². The van der Waals surface area contributed by atoms with Gasteiger partial charge in [-0.15, -0.1) is 0 Å². The first-order valence-corrected chi connectivity index (χ1v) is 12.9. The first-order chi connectivity index (χ1) is 19.7. The average Bonchev–Trinajstić information content (AvgIpc) is 3.08. The largest absolute Gasteiger partial charge is 0.466 e. The molecule has 1 amide bonds.